The van der Waals surface area contributed by atoms with Crippen molar-refractivity contribution in [1.29, 1.82) is 0 Å². The Balaban J connectivity index is 2.38. The topological polar surface area (TPSA) is 106 Å². The molecule has 1 fully saturated rings. The summed E-state index contributed by atoms with van der Waals surface area (Å²) in [5.74, 6) is -0.416. The highest BCUT2D eigenvalue weighted by atomic mass is 16.3. The van der Waals surface area contributed by atoms with Crippen LogP contribution >= 0.6 is 0 Å². The van der Waals surface area contributed by atoms with E-state index in [9.17, 15) is 14.7 Å². The van der Waals surface area contributed by atoms with E-state index in [0.29, 0.717) is 6.29 Å². The Hall–Kier alpha value is -2.37. The Morgan fingerprint density at radius 2 is 2.35 bits per heavy atom. The maximum atomic E-state index is 12.4. The highest BCUT2D eigenvalue weighted by molar-refractivity contribution is 6.00. The summed E-state index contributed by atoms with van der Waals surface area (Å²) in [5, 5.41) is 13.1. The highest BCUT2D eigenvalue weighted by Gasteiger charge is 2.35. The van der Waals surface area contributed by atoms with Crippen LogP contribution in [0.15, 0.2) is 23.3 Å². The van der Waals surface area contributed by atoms with Gasteiger partial charge >= 0.3 is 0 Å². The van der Waals surface area contributed by atoms with Crippen LogP contribution in [0.3, 0.4) is 0 Å². The molecule has 7 heteroatoms. The Bertz CT molecular complexity index is 595. The average molecular weight is 274 g/mol. The molecule has 1 aromatic rings. The van der Waals surface area contributed by atoms with Gasteiger partial charge in [-0.05, 0) is 24.6 Å². The normalized spacial score (nSPS) is 21.4. The molecular formula is C13H14N4O3. The lowest BCUT2D eigenvalue weighted by Crippen LogP contribution is -2.36. The third-order valence-corrected chi connectivity index (χ3v) is 3.28. The van der Waals surface area contributed by atoms with E-state index in [1.165, 1.54) is 4.90 Å². The number of aldehydes is 1. The molecule has 1 aliphatic heterocycles. The summed E-state index contributed by atoms with van der Waals surface area (Å²) in [6, 6.07) is 4.26. The number of rotatable bonds is 3. The van der Waals surface area contributed by atoms with Gasteiger partial charge in [0.1, 0.15) is 6.29 Å². The molecule has 1 saturated heterocycles. The fraction of sp³-hybridized carbons (Fsp3) is 0.385. The second-order valence-corrected chi connectivity index (χ2v) is 4.76. The maximum absolute atomic E-state index is 12.4. The van der Waals surface area contributed by atoms with Crippen molar-refractivity contribution in [3.63, 3.8) is 0 Å². The van der Waals surface area contributed by atoms with Gasteiger partial charge in [-0.1, -0.05) is 16.7 Å². The van der Waals surface area contributed by atoms with Gasteiger partial charge in [0.2, 0.25) is 0 Å². The predicted molar refractivity (Wildman–Crippen MR) is 71.5 cm³/mol. The first-order valence-electron chi connectivity index (χ1n) is 6.17. The highest BCUT2D eigenvalue weighted by Crippen LogP contribution is 2.26. The fourth-order valence-electron chi connectivity index (χ4n) is 2.31. The minimum atomic E-state index is -0.706. The number of carbonyl (C=O) groups is 2. The number of β-amino-alcohol motifs (C(OH)–C–C–N with tert-alkyl or cyclic N) is 1. The third kappa shape index (κ3) is 2.64. The van der Waals surface area contributed by atoms with Crippen molar-refractivity contribution in [3.8, 4) is 0 Å². The first kappa shape index (κ1) is 14.0. The number of aryl methyl sites for hydroxylation is 1. The van der Waals surface area contributed by atoms with Gasteiger partial charge in [0.15, 0.2) is 0 Å². The van der Waals surface area contributed by atoms with Gasteiger partial charge in [0.25, 0.3) is 5.91 Å². The SMILES string of the molecule is Cc1ccc(C(=O)N2C[C@H](O)C[C@H]2C=O)c(N=[N+]=[N-])c1. The zero-order chi connectivity index (χ0) is 14.7. The largest absolute Gasteiger partial charge is 0.391 e. The first-order chi connectivity index (χ1) is 9.56. The molecular weight excluding hydrogens is 260 g/mol. The number of aliphatic hydroxyl groups is 1. The van der Waals surface area contributed by atoms with Crippen molar-refractivity contribution in [1.82, 2.24) is 4.90 Å². The number of amides is 1. The van der Waals surface area contributed by atoms with E-state index in [1.807, 2.05) is 6.92 Å². The van der Waals surface area contributed by atoms with Crippen molar-refractivity contribution in [3.05, 3.63) is 39.8 Å². The minimum absolute atomic E-state index is 0.103. The van der Waals surface area contributed by atoms with E-state index in [2.05, 4.69) is 10.0 Å². The van der Waals surface area contributed by atoms with Crippen LogP contribution in [-0.4, -0.2) is 40.9 Å². The molecule has 2 rings (SSSR count). The smallest absolute Gasteiger partial charge is 0.255 e. The van der Waals surface area contributed by atoms with Gasteiger partial charge in [0, 0.05) is 23.4 Å². The first-order valence-corrected chi connectivity index (χ1v) is 6.17. The van der Waals surface area contributed by atoms with Gasteiger partial charge in [-0.15, -0.1) is 0 Å². The van der Waals surface area contributed by atoms with Crippen LogP contribution in [0.1, 0.15) is 22.3 Å². The number of benzene rings is 1. The molecule has 104 valence electrons. The standard InChI is InChI=1S/C13H14N4O3/c1-8-2-3-11(12(4-8)15-16-14)13(20)17-6-10(19)5-9(17)7-18/h2-4,7,9-10,19H,5-6H2,1H3/t9-,10+/m0/s1. The second kappa shape index (κ2) is 5.73. The Labute approximate surface area is 115 Å². The van der Waals surface area contributed by atoms with Crippen LogP contribution in [0.4, 0.5) is 5.69 Å². The van der Waals surface area contributed by atoms with E-state index in [0.717, 1.165) is 5.56 Å². The summed E-state index contributed by atoms with van der Waals surface area (Å²) in [7, 11) is 0. The zero-order valence-electron chi connectivity index (χ0n) is 10.9. The molecule has 0 aromatic heterocycles. The number of likely N-dealkylation sites (tertiary alicyclic amines) is 1. The Morgan fingerprint density at radius 1 is 1.60 bits per heavy atom. The van der Waals surface area contributed by atoms with Crippen LogP contribution < -0.4 is 0 Å². The molecule has 1 heterocycles. The number of hydrogen-bond donors (Lipinski definition) is 1. The van der Waals surface area contributed by atoms with Gasteiger partial charge in [0.05, 0.1) is 17.8 Å². The minimum Gasteiger partial charge on any atom is -0.391 e. The molecule has 1 amide bonds. The second-order valence-electron chi connectivity index (χ2n) is 4.76. The Morgan fingerprint density at radius 3 is 3.00 bits per heavy atom. The van der Waals surface area contributed by atoms with E-state index >= 15 is 0 Å². The summed E-state index contributed by atoms with van der Waals surface area (Å²) < 4.78 is 0. The quantitative estimate of drug-likeness (QED) is 0.392. The molecule has 1 aliphatic rings. The molecule has 0 radical (unpaired) electrons. The number of hydrogen-bond acceptors (Lipinski definition) is 4. The maximum Gasteiger partial charge on any atom is 0.255 e. The monoisotopic (exact) mass is 274 g/mol. The van der Waals surface area contributed by atoms with Crippen molar-refractivity contribution >= 4 is 17.9 Å². The van der Waals surface area contributed by atoms with Crippen molar-refractivity contribution in [2.24, 2.45) is 5.11 Å². The van der Waals surface area contributed by atoms with Crippen LogP contribution in [0, 0.1) is 6.92 Å². The van der Waals surface area contributed by atoms with Crippen LogP contribution in [0.2, 0.25) is 0 Å². The van der Waals surface area contributed by atoms with Gasteiger partial charge in [-0.2, -0.15) is 0 Å². The van der Waals surface area contributed by atoms with Crippen molar-refractivity contribution < 1.29 is 14.7 Å². The Kier molecular flexibility index (Phi) is 4.02. The van der Waals surface area contributed by atoms with Crippen LogP contribution in [0.25, 0.3) is 10.4 Å². The van der Waals surface area contributed by atoms with Crippen molar-refractivity contribution in [2.75, 3.05) is 6.54 Å². The molecule has 0 bridgehead atoms. The van der Waals surface area contributed by atoms with E-state index in [1.54, 1.807) is 18.2 Å². The van der Waals surface area contributed by atoms with Crippen molar-refractivity contribution in [2.45, 2.75) is 25.5 Å². The van der Waals surface area contributed by atoms with Gasteiger partial charge in [-0.3, -0.25) is 4.79 Å². The molecule has 1 aromatic carbocycles. The van der Waals surface area contributed by atoms with Crippen LogP contribution in [0.5, 0.6) is 0 Å². The third-order valence-electron chi connectivity index (χ3n) is 3.28. The van der Waals surface area contributed by atoms with E-state index in [-0.39, 0.29) is 24.2 Å². The van der Waals surface area contributed by atoms with Gasteiger partial charge < -0.3 is 14.8 Å². The number of carbonyl (C=O) groups excluding carboxylic acids is 2. The lowest BCUT2D eigenvalue weighted by Gasteiger charge is -2.21. The number of aliphatic hydroxyl groups excluding tert-OH is 1. The number of nitrogens with zero attached hydrogens (tertiary/aromatic N) is 4. The van der Waals surface area contributed by atoms with E-state index < -0.39 is 18.1 Å². The fourth-order valence-corrected chi connectivity index (χ4v) is 2.31. The summed E-state index contributed by atoms with van der Waals surface area (Å²) >= 11 is 0. The summed E-state index contributed by atoms with van der Waals surface area (Å²) in [6.07, 6.45) is 0.176. The van der Waals surface area contributed by atoms with E-state index in [4.69, 9.17) is 5.53 Å². The molecule has 0 saturated carbocycles. The molecule has 0 aliphatic carbocycles. The molecule has 1 N–H and O–H groups in total. The molecule has 20 heavy (non-hydrogen) atoms. The van der Waals surface area contributed by atoms with Gasteiger partial charge in [-0.25, -0.2) is 0 Å². The lowest BCUT2D eigenvalue weighted by molar-refractivity contribution is -0.111. The summed E-state index contributed by atoms with van der Waals surface area (Å²) in [4.78, 5) is 27.4. The lowest BCUT2D eigenvalue weighted by atomic mass is 10.1. The number of azide groups is 1. The molecule has 2 atom stereocenters. The molecule has 0 spiro atoms. The van der Waals surface area contributed by atoms with Crippen LogP contribution in [-0.2, 0) is 4.79 Å². The molecule has 7 nitrogen and oxygen atoms in total. The summed E-state index contributed by atoms with van der Waals surface area (Å²) in [6.45, 7) is 1.92. The average Bonchev–Trinajstić information content (AvgIpc) is 2.80. The summed E-state index contributed by atoms with van der Waals surface area (Å²) in [5.41, 5.74) is 9.87. The molecule has 0 unspecified atom stereocenters. The predicted octanol–water partition coefficient (Wildman–Crippen LogP) is 1.71. The zero-order valence-corrected chi connectivity index (χ0v) is 10.9.